The Balaban J connectivity index is 1.98. The average Bonchev–Trinajstić information content (AvgIpc) is 2.79. The second kappa shape index (κ2) is 2.98. The lowest BCUT2D eigenvalue weighted by molar-refractivity contribution is 0.0698. The van der Waals surface area contributed by atoms with E-state index in [1.165, 1.54) is 24.8 Å². The van der Waals surface area contributed by atoms with Gasteiger partial charge >= 0.3 is 0 Å². The summed E-state index contributed by atoms with van der Waals surface area (Å²) in [6.07, 6.45) is 4.22. The molecular weight excluding hydrogens is 196 g/mol. The van der Waals surface area contributed by atoms with E-state index < -0.39 is 0 Å². The van der Waals surface area contributed by atoms with Crippen LogP contribution < -0.4 is 0 Å². The van der Waals surface area contributed by atoms with E-state index in [-0.39, 0.29) is 0 Å². The predicted molar refractivity (Wildman–Crippen MR) is 56.7 cm³/mol. The highest BCUT2D eigenvalue weighted by Gasteiger charge is 2.46. The minimum Gasteiger partial charge on any atom is -0.377 e. The van der Waals surface area contributed by atoms with Crippen LogP contribution in [0.5, 0.6) is 0 Å². The van der Waals surface area contributed by atoms with E-state index in [0.29, 0.717) is 11.5 Å². The molecule has 2 aliphatic rings. The lowest BCUT2D eigenvalue weighted by Crippen LogP contribution is -2.25. The number of hydrogen-bond donors (Lipinski definition) is 0. The van der Waals surface area contributed by atoms with Crippen LogP contribution in [0.1, 0.15) is 24.8 Å². The molecule has 14 heavy (non-hydrogen) atoms. The zero-order valence-electron chi connectivity index (χ0n) is 8.00. The highest BCUT2D eigenvalue weighted by atomic mass is 35.5. The van der Waals surface area contributed by atoms with Gasteiger partial charge in [0.2, 0.25) is 0 Å². The van der Waals surface area contributed by atoms with Crippen molar-refractivity contribution in [1.29, 1.82) is 0 Å². The molecule has 2 unspecified atom stereocenters. The van der Waals surface area contributed by atoms with Crippen LogP contribution in [0.4, 0.5) is 0 Å². The Labute approximate surface area is 89.0 Å². The van der Waals surface area contributed by atoms with Gasteiger partial charge in [0.15, 0.2) is 0 Å². The maximum absolute atomic E-state index is 5.89. The maximum atomic E-state index is 5.89. The Morgan fingerprint density at radius 3 is 2.57 bits per heavy atom. The predicted octanol–water partition coefficient (Wildman–Crippen LogP) is 3.16. The molecule has 2 fully saturated rings. The van der Waals surface area contributed by atoms with Gasteiger partial charge in [0, 0.05) is 10.4 Å². The van der Waals surface area contributed by atoms with Gasteiger partial charge in [-0.3, -0.25) is 0 Å². The first kappa shape index (κ1) is 8.75. The van der Waals surface area contributed by atoms with Crippen LogP contribution in [-0.2, 0) is 10.2 Å². The quantitative estimate of drug-likeness (QED) is 0.689. The highest BCUT2D eigenvalue weighted by Crippen LogP contribution is 2.48. The zero-order valence-corrected chi connectivity index (χ0v) is 8.76. The van der Waals surface area contributed by atoms with Gasteiger partial charge < -0.3 is 4.74 Å². The normalized spacial score (nSPS) is 35.1. The number of halogens is 1. The minimum absolute atomic E-state index is 0.315. The van der Waals surface area contributed by atoms with Crippen LogP contribution >= 0.6 is 11.6 Å². The van der Waals surface area contributed by atoms with E-state index in [1.54, 1.807) is 0 Å². The first-order chi connectivity index (χ1) is 6.78. The summed E-state index contributed by atoms with van der Waals surface area (Å²) < 4.78 is 5.71. The molecule has 1 saturated carbocycles. The molecule has 0 spiro atoms. The van der Waals surface area contributed by atoms with Gasteiger partial charge in [-0.1, -0.05) is 23.7 Å². The fourth-order valence-corrected chi connectivity index (χ4v) is 2.90. The summed E-state index contributed by atoms with van der Waals surface area (Å²) in [6.45, 7) is 0.902. The molecule has 1 aliphatic heterocycles. The molecule has 2 bridgehead atoms. The molecule has 1 saturated heterocycles. The Kier molecular flexibility index (Phi) is 1.86. The topological polar surface area (TPSA) is 9.23 Å². The van der Waals surface area contributed by atoms with Crippen LogP contribution in [0.25, 0.3) is 0 Å². The largest absolute Gasteiger partial charge is 0.377 e. The van der Waals surface area contributed by atoms with Crippen molar-refractivity contribution in [2.45, 2.75) is 30.8 Å². The van der Waals surface area contributed by atoms with Crippen molar-refractivity contribution in [3.8, 4) is 0 Å². The van der Waals surface area contributed by atoms with Crippen LogP contribution in [0.3, 0.4) is 0 Å². The summed E-state index contributed by atoms with van der Waals surface area (Å²) >= 11 is 5.89. The summed E-state index contributed by atoms with van der Waals surface area (Å²) in [5, 5.41) is 0.818. The Morgan fingerprint density at radius 2 is 2.07 bits per heavy atom. The monoisotopic (exact) mass is 208 g/mol. The van der Waals surface area contributed by atoms with E-state index >= 15 is 0 Å². The number of rotatable bonds is 1. The van der Waals surface area contributed by atoms with Gasteiger partial charge in [-0.05, 0) is 37.0 Å². The third-order valence-electron chi connectivity index (χ3n) is 3.62. The molecule has 2 atom stereocenters. The van der Waals surface area contributed by atoms with Crippen molar-refractivity contribution in [1.82, 2.24) is 0 Å². The Morgan fingerprint density at radius 1 is 1.29 bits per heavy atom. The molecule has 1 aromatic rings. The van der Waals surface area contributed by atoms with E-state index in [9.17, 15) is 0 Å². The van der Waals surface area contributed by atoms with Gasteiger partial charge in [0.25, 0.3) is 0 Å². The van der Waals surface area contributed by atoms with E-state index in [0.717, 1.165) is 11.6 Å². The van der Waals surface area contributed by atoms with Crippen molar-refractivity contribution in [3.05, 3.63) is 34.9 Å². The smallest absolute Gasteiger partial charge is 0.0585 e. The summed E-state index contributed by atoms with van der Waals surface area (Å²) in [5.41, 5.74) is 1.72. The number of hydrogen-bond acceptors (Lipinski definition) is 1. The molecule has 3 rings (SSSR count). The second-order valence-corrected chi connectivity index (χ2v) is 4.90. The molecule has 74 valence electrons. The fraction of sp³-hybridized carbons (Fsp3) is 0.500. The molecule has 2 heteroatoms. The SMILES string of the molecule is Clc1ccc(C23CCC(C2)OC3)cc1. The van der Waals surface area contributed by atoms with Crippen molar-refractivity contribution in [2.24, 2.45) is 0 Å². The van der Waals surface area contributed by atoms with Crippen molar-refractivity contribution >= 4 is 11.6 Å². The number of ether oxygens (including phenoxy) is 1. The van der Waals surface area contributed by atoms with Crippen LogP contribution in [0.15, 0.2) is 24.3 Å². The van der Waals surface area contributed by atoms with Crippen LogP contribution in [-0.4, -0.2) is 12.7 Å². The first-order valence-electron chi connectivity index (χ1n) is 5.16. The van der Waals surface area contributed by atoms with E-state index in [4.69, 9.17) is 16.3 Å². The molecule has 0 aromatic heterocycles. The zero-order chi connectivity index (χ0) is 9.60. The highest BCUT2D eigenvalue weighted by molar-refractivity contribution is 6.30. The van der Waals surface area contributed by atoms with Crippen molar-refractivity contribution < 1.29 is 4.74 Å². The lowest BCUT2D eigenvalue weighted by Gasteiger charge is -2.26. The molecule has 1 heterocycles. The molecule has 1 aliphatic carbocycles. The first-order valence-corrected chi connectivity index (χ1v) is 5.54. The van der Waals surface area contributed by atoms with Crippen LogP contribution in [0.2, 0.25) is 5.02 Å². The van der Waals surface area contributed by atoms with Gasteiger partial charge in [0.1, 0.15) is 0 Å². The van der Waals surface area contributed by atoms with Gasteiger partial charge in [-0.25, -0.2) is 0 Å². The van der Waals surface area contributed by atoms with Crippen molar-refractivity contribution in [2.75, 3.05) is 6.61 Å². The van der Waals surface area contributed by atoms with Crippen LogP contribution in [0, 0.1) is 0 Å². The summed E-state index contributed by atoms with van der Waals surface area (Å²) in [4.78, 5) is 0. The van der Waals surface area contributed by atoms with E-state index in [2.05, 4.69) is 12.1 Å². The third-order valence-corrected chi connectivity index (χ3v) is 3.87. The van der Waals surface area contributed by atoms with Gasteiger partial charge in [-0.2, -0.15) is 0 Å². The van der Waals surface area contributed by atoms with Gasteiger partial charge in [0.05, 0.1) is 12.7 Å². The Bertz CT molecular complexity index is 336. The summed E-state index contributed by atoms with van der Waals surface area (Å²) in [7, 11) is 0. The van der Waals surface area contributed by atoms with Gasteiger partial charge in [-0.15, -0.1) is 0 Å². The molecule has 0 N–H and O–H groups in total. The molecule has 1 nitrogen and oxygen atoms in total. The fourth-order valence-electron chi connectivity index (χ4n) is 2.78. The molecule has 0 amide bonds. The standard InChI is InChI=1S/C12H13ClO/c13-10-3-1-9(2-4-10)12-6-5-11(7-12)14-8-12/h1-4,11H,5-8H2. The summed E-state index contributed by atoms with van der Waals surface area (Å²) in [6, 6.07) is 8.27. The number of benzene rings is 1. The third kappa shape index (κ3) is 1.19. The maximum Gasteiger partial charge on any atom is 0.0585 e. The molecule has 1 aromatic carbocycles. The second-order valence-electron chi connectivity index (χ2n) is 4.46. The molecular formula is C12H13ClO. The Hall–Kier alpha value is -0.530. The van der Waals surface area contributed by atoms with E-state index in [1.807, 2.05) is 12.1 Å². The minimum atomic E-state index is 0.315. The summed E-state index contributed by atoms with van der Waals surface area (Å²) in [5.74, 6) is 0. The number of fused-ring (bicyclic) bond motifs is 2. The average molecular weight is 209 g/mol. The lowest BCUT2D eigenvalue weighted by atomic mass is 9.80. The van der Waals surface area contributed by atoms with Crippen molar-refractivity contribution in [3.63, 3.8) is 0 Å². The molecule has 0 radical (unpaired) electrons.